The molecule has 1 unspecified atom stereocenters. The lowest BCUT2D eigenvalue weighted by Crippen LogP contribution is -2.19. The molecule has 1 aliphatic rings. The Morgan fingerprint density at radius 1 is 1.48 bits per heavy atom. The number of anilines is 1. The minimum atomic E-state index is -0.456. The van der Waals surface area contributed by atoms with Gasteiger partial charge in [-0.05, 0) is 37.8 Å². The first-order valence-corrected chi connectivity index (χ1v) is 7.28. The van der Waals surface area contributed by atoms with Crippen molar-refractivity contribution >= 4 is 17.3 Å². The van der Waals surface area contributed by atoms with Crippen LogP contribution in [0, 0.1) is 16.0 Å². The molecule has 1 aromatic rings. The van der Waals surface area contributed by atoms with Crippen molar-refractivity contribution in [3.8, 4) is 0 Å². The quantitative estimate of drug-likeness (QED) is 0.597. The van der Waals surface area contributed by atoms with E-state index in [1.165, 1.54) is 26.0 Å². The lowest BCUT2D eigenvalue weighted by molar-refractivity contribution is -0.384. The van der Waals surface area contributed by atoms with Gasteiger partial charge in [0.15, 0.2) is 0 Å². The fourth-order valence-electron chi connectivity index (χ4n) is 2.32. The summed E-state index contributed by atoms with van der Waals surface area (Å²) in [7, 11) is 1.50. The second kappa shape index (κ2) is 6.56. The summed E-state index contributed by atoms with van der Waals surface area (Å²) in [4.78, 5) is 22.3. The van der Waals surface area contributed by atoms with Gasteiger partial charge >= 0.3 is 0 Å². The molecule has 2 N–H and O–H groups in total. The van der Waals surface area contributed by atoms with Gasteiger partial charge < -0.3 is 10.6 Å². The molecule has 0 heterocycles. The monoisotopic (exact) mass is 291 g/mol. The molecule has 1 amide bonds. The van der Waals surface area contributed by atoms with Crippen LogP contribution in [0.15, 0.2) is 18.2 Å². The third-order valence-electron chi connectivity index (χ3n) is 3.79. The van der Waals surface area contributed by atoms with Gasteiger partial charge in [-0.1, -0.05) is 12.8 Å². The van der Waals surface area contributed by atoms with Crippen LogP contribution in [-0.2, 0) is 0 Å². The normalized spacial score (nSPS) is 15.3. The van der Waals surface area contributed by atoms with Crippen molar-refractivity contribution in [2.45, 2.75) is 38.6 Å². The highest BCUT2D eigenvalue weighted by Gasteiger charge is 2.23. The molecular weight excluding hydrogens is 270 g/mol. The predicted molar refractivity (Wildman–Crippen MR) is 81.5 cm³/mol. The first-order chi connectivity index (χ1) is 10.0. The van der Waals surface area contributed by atoms with Crippen molar-refractivity contribution in [3.63, 3.8) is 0 Å². The predicted octanol–water partition coefficient (Wildman–Crippen LogP) is 2.95. The number of nitro benzene ring substituents is 1. The van der Waals surface area contributed by atoms with Gasteiger partial charge in [0, 0.05) is 24.7 Å². The van der Waals surface area contributed by atoms with E-state index in [0.29, 0.717) is 11.3 Å². The first-order valence-electron chi connectivity index (χ1n) is 7.28. The third kappa shape index (κ3) is 4.18. The zero-order chi connectivity index (χ0) is 15.4. The molecule has 0 spiro atoms. The number of nitrogens with one attached hydrogen (secondary N) is 2. The van der Waals surface area contributed by atoms with E-state index in [0.717, 1.165) is 18.8 Å². The second-order valence-corrected chi connectivity index (χ2v) is 5.63. The molecule has 0 bridgehead atoms. The molecule has 6 heteroatoms. The molecule has 0 aromatic heterocycles. The number of carbonyl (C=O) groups excluding carboxylic acids is 1. The van der Waals surface area contributed by atoms with Gasteiger partial charge in [-0.2, -0.15) is 0 Å². The smallest absolute Gasteiger partial charge is 0.293 e. The van der Waals surface area contributed by atoms with Crippen LogP contribution >= 0.6 is 0 Å². The van der Waals surface area contributed by atoms with E-state index >= 15 is 0 Å². The molecule has 2 rings (SSSR count). The van der Waals surface area contributed by atoms with Gasteiger partial charge in [0.05, 0.1) is 4.92 Å². The SMILES string of the molecule is CNC(=O)c1ccc(NC(C)CCC2CC2)c([N+](=O)[O-])c1. The van der Waals surface area contributed by atoms with Crippen molar-refractivity contribution in [3.05, 3.63) is 33.9 Å². The van der Waals surface area contributed by atoms with E-state index < -0.39 is 4.92 Å². The van der Waals surface area contributed by atoms with E-state index in [4.69, 9.17) is 0 Å². The molecule has 21 heavy (non-hydrogen) atoms. The maximum atomic E-state index is 11.6. The molecule has 1 fully saturated rings. The van der Waals surface area contributed by atoms with Crippen LogP contribution in [0.25, 0.3) is 0 Å². The Morgan fingerprint density at radius 2 is 2.19 bits per heavy atom. The molecule has 0 radical (unpaired) electrons. The molecule has 0 aliphatic heterocycles. The zero-order valence-electron chi connectivity index (χ0n) is 12.4. The summed E-state index contributed by atoms with van der Waals surface area (Å²) in [6, 6.07) is 4.70. The van der Waals surface area contributed by atoms with Gasteiger partial charge in [-0.25, -0.2) is 0 Å². The van der Waals surface area contributed by atoms with E-state index in [9.17, 15) is 14.9 Å². The van der Waals surface area contributed by atoms with Crippen molar-refractivity contribution in [2.75, 3.05) is 12.4 Å². The lowest BCUT2D eigenvalue weighted by atomic mass is 10.1. The fraction of sp³-hybridized carbons (Fsp3) is 0.533. The van der Waals surface area contributed by atoms with Crippen LogP contribution in [0.2, 0.25) is 0 Å². The van der Waals surface area contributed by atoms with Gasteiger partial charge in [0.1, 0.15) is 5.69 Å². The molecule has 1 atom stereocenters. The van der Waals surface area contributed by atoms with Crippen molar-refractivity contribution in [1.82, 2.24) is 5.32 Å². The second-order valence-electron chi connectivity index (χ2n) is 5.63. The van der Waals surface area contributed by atoms with Crippen LogP contribution in [0.1, 0.15) is 43.0 Å². The number of benzene rings is 1. The molecule has 1 aliphatic carbocycles. The average molecular weight is 291 g/mol. The van der Waals surface area contributed by atoms with Gasteiger partial charge in [0.2, 0.25) is 0 Å². The van der Waals surface area contributed by atoms with E-state index in [1.807, 2.05) is 6.92 Å². The van der Waals surface area contributed by atoms with E-state index in [1.54, 1.807) is 12.1 Å². The van der Waals surface area contributed by atoms with Crippen LogP contribution in [0.3, 0.4) is 0 Å². The molecular formula is C15H21N3O3. The largest absolute Gasteiger partial charge is 0.377 e. The summed E-state index contributed by atoms with van der Waals surface area (Å²) in [5.74, 6) is 0.520. The zero-order valence-corrected chi connectivity index (χ0v) is 12.4. The summed E-state index contributed by atoms with van der Waals surface area (Å²) in [6.45, 7) is 2.03. The van der Waals surface area contributed by atoms with Crippen LogP contribution in [0.4, 0.5) is 11.4 Å². The summed E-state index contributed by atoms with van der Waals surface area (Å²) in [6.07, 6.45) is 4.79. The highest BCUT2D eigenvalue weighted by atomic mass is 16.6. The number of hydrogen-bond acceptors (Lipinski definition) is 4. The summed E-state index contributed by atoms with van der Waals surface area (Å²) in [5, 5.41) is 16.8. The van der Waals surface area contributed by atoms with E-state index in [2.05, 4.69) is 10.6 Å². The number of rotatable bonds is 7. The highest BCUT2D eigenvalue weighted by Crippen LogP contribution is 2.34. The van der Waals surface area contributed by atoms with Gasteiger partial charge in [0.25, 0.3) is 11.6 Å². The molecule has 0 saturated heterocycles. The van der Waals surface area contributed by atoms with Crippen LogP contribution in [-0.4, -0.2) is 23.9 Å². The Hall–Kier alpha value is -2.11. The minimum absolute atomic E-state index is 0.0608. The summed E-state index contributed by atoms with van der Waals surface area (Å²) < 4.78 is 0. The molecule has 6 nitrogen and oxygen atoms in total. The molecule has 1 saturated carbocycles. The Bertz CT molecular complexity index is 541. The fourth-order valence-corrected chi connectivity index (χ4v) is 2.32. The highest BCUT2D eigenvalue weighted by molar-refractivity contribution is 5.95. The van der Waals surface area contributed by atoms with E-state index in [-0.39, 0.29) is 17.6 Å². The Morgan fingerprint density at radius 3 is 2.76 bits per heavy atom. The first kappa shape index (κ1) is 15.3. The number of nitro groups is 1. The molecule has 114 valence electrons. The number of amides is 1. The average Bonchev–Trinajstić information content (AvgIpc) is 3.28. The minimum Gasteiger partial charge on any atom is -0.377 e. The molecule has 1 aromatic carbocycles. The number of hydrogen-bond donors (Lipinski definition) is 2. The number of nitrogens with zero attached hydrogens (tertiary/aromatic N) is 1. The van der Waals surface area contributed by atoms with Gasteiger partial charge in [-0.15, -0.1) is 0 Å². The van der Waals surface area contributed by atoms with Gasteiger partial charge in [-0.3, -0.25) is 14.9 Å². The summed E-state index contributed by atoms with van der Waals surface area (Å²) >= 11 is 0. The summed E-state index contributed by atoms with van der Waals surface area (Å²) in [5.41, 5.74) is 0.700. The van der Waals surface area contributed by atoms with Crippen LogP contribution in [0.5, 0.6) is 0 Å². The number of carbonyl (C=O) groups is 1. The third-order valence-corrected chi connectivity index (χ3v) is 3.79. The Balaban J connectivity index is 2.09. The van der Waals surface area contributed by atoms with Crippen molar-refractivity contribution in [1.29, 1.82) is 0 Å². The van der Waals surface area contributed by atoms with Crippen molar-refractivity contribution in [2.24, 2.45) is 5.92 Å². The Kier molecular flexibility index (Phi) is 4.77. The topological polar surface area (TPSA) is 84.3 Å². The van der Waals surface area contributed by atoms with Crippen molar-refractivity contribution < 1.29 is 9.72 Å². The lowest BCUT2D eigenvalue weighted by Gasteiger charge is -2.15. The Labute approximate surface area is 124 Å². The maximum absolute atomic E-state index is 11.6. The van der Waals surface area contributed by atoms with Crippen LogP contribution < -0.4 is 10.6 Å². The standard InChI is InChI=1S/C15H21N3O3/c1-10(3-4-11-5-6-11)17-13-8-7-12(15(19)16-2)9-14(13)18(20)21/h7-11,17H,3-6H2,1-2H3,(H,16,19). The maximum Gasteiger partial charge on any atom is 0.293 e.